The summed E-state index contributed by atoms with van der Waals surface area (Å²) < 4.78 is 2.19. The molecule has 0 amide bonds. The summed E-state index contributed by atoms with van der Waals surface area (Å²) in [4.78, 5) is 10.9. The van der Waals surface area contributed by atoms with Gasteiger partial charge in [-0.25, -0.2) is 4.98 Å². The molecule has 5 nitrogen and oxygen atoms in total. The number of hydrogen-bond donors (Lipinski definition) is 2. The van der Waals surface area contributed by atoms with Crippen LogP contribution in [0.2, 0.25) is 0 Å². The van der Waals surface area contributed by atoms with Crippen LogP contribution in [0.15, 0.2) is 42.7 Å². The molecule has 2 aliphatic rings. The van der Waals surface area contributed by atoms with Crippen molar-refractivity contribution in [3.8, 4) is 0 Å². The molecule has 0 spiro atoms. The quantitative estimate of drug-likeness (QED) is 0.338. The molecule has 0 atom stereocenters. The molecule has 5 heteroatoms. The number of nitrogens with one attached hydrogen (secondary N) is 2. The molecule has 1 saturated heterocycles. The molecular formula is C29H39N5. The number of aryl methyl sites for hydroxylation is 1. The minimum absolute atomic E-state index is 0. The van der Waals surface area contributed by atoms with Crippen molar-refractivity contribution < 1.29 is 0 Å². The third-order valence-electron chi connectivity index (χ3n) is 8.04. The molecule has 1 saturated carbocycles. The van der Waals surface area contributed by atoms with Crippen molar-refractivity contribution in [3.63, 3.8) is 0 Å². The van der Waals surface area contributed by atoms with E-state index in [9.17, 15) is 0 Å². The number of benzene rings is 1. The molecule has 0 unspecified atom stereocenters. The fourth-order valence-electron chi connectivity index (χ4n) is 6.12. The van der Waals surface area contributed by atoms with Gasteiger partial charge in [-0.1, -0.05) is 32.8 Å². The summed E-state index contributed by atoms with van der Waals surface area (Å²) in [6, 6.07) is 11.1. The number of aromatic nitrogens is 3. The lowest BCUT2D eigenvalue weighted by Gasteiger charge is -2.28. The topological polar surface area (TPSA) is 48.9 Å². The summed E-state index contributed by atoms with van der Waals surface area (Å²) in [5.41, 5.74) is 6.32. The maximum absolute atomic E-state index is 4.99. The van der Waals surface area contributed by atoms with Gasteiger partial charge in [0.05, 0.1) is 0 Å². The maximum Gasteiger partial charge on any atom is 0.142 e. The van der Waals surface area contributed by atoms with Crippen molar-refractivity contribution in [3.05, 3.63) is 53.9 Å². The SMILES string of the molecule is C.CN1CCC(c2cn(C)c3nc(Nc4ccc5c(C6CCCCC6)c[nH]c5c4)ccc23)CC1. The lowest BCUT2D eigenvalue weighted by molar-refractivity contribution is 0.256. The number of nitrogens with zero attached hydrogens (tertiary/aromatic N) is 3. The normalized spacial score (nSPS) is 18.4. The van der Waals surface area contributed by atoms with Gasteiger partial charge in [-0.2, -0.15) is 0 Å². The van der Waals surface area contributed by atoms with Gasteiger partial charge in [0.15, 0.2) is 0 Å². The van der Waals surface area contributed by atoms with Crippen molar-refractivity contribution in [2.24, 2.45) is 7.05 Å². The van der Waals surface area contributed by atoms with Crippen LogP contribution in [0.5, 0.6) is 0 Å². The van der Waals surface area contributed by atoms with E-state index in [1.165, 1.54) is 85.5 Å². The average Bonchev–Trinajstić information content (AvgIpc) is 3.41. The van der Waals surface area contributed by atoms with E-state index >= 15 is 0 Å². The monoisotopic (exact) mass is 457 g/mol. The van der Waals surface area contributed by atoms with E-state index in [0.717, 1.165) is 17.2 Å². The third-order valence-corrected chi connectivity index (χ3v) is 8.04. The third kappa shape index (κ3) is 4.22. The molecular weight excluding hydrogens is 418 g/mol. The highest BCUT2D eigenvalue weighted by molar-refractivity contribution is 5.88. The lowest BCUT2D eigenvalue weighted by atomic mass is 9.84. The Bertz CT molecular complexity index is 1270. The summed E-state index contributed by atoms with van der Waals surface area (Å²) >= 11 is 0. The highest BCUT2D eigenvalue weighted by Crippen LogP contribution is 2.38. The summed E-state index contributed by atoms with van der Waals surface area (Å²) in [6.45, 7) is 2.36. The number of likely N-dealkylation sites (tertiary alicyclic amines) is 1. The van der Waals surface area contributed by atoms with E-state index in [1.807, 2.05) is 0 Å². The molecule has 3 aromatic heterocycles. The molecule has 1 aliphatic carbocycles. The number of hydrogen-bond acceptors (Lipinski definition) is 3. The average molecular weight is 458 g/mol. The van der Waals surface area contributed by atoms with Crippen LogP contribution in [0.3, 0.4) is 0 Å². The Morgan fingerprint density at radius 1 is 0.882 bits per heavy atom. The molecule has 0 bridgehead atoms. The zero-order valence-electron chi connectivity index (χ0n) is 19.9. The summed E-state index contributed by atoms with van der Waals surface area (Å²) in [7, 11) is 4.34. The van der Waals surface area contributed by atoms with Gasteiger partial charge >= 0.3 is 0 Å². The van der Waals surface area contributed by atoms with Crippen LogP contribution in [0, 0.1) is 0 Å². The first kappa shape index (κ1) is 23.0. The second-order valence-electron chi connectivity index (χ2n) is 10.3. The first-order valence-corrected chi connectivity index (χ1v) is 12.7. The van der Waals surface area contributed by atoms with E-state index < -0.39 is 0 Å². The fraction of sp³-hybridized carbons (Fsp3) is 0.483. The largest absolute Gasteiger partial charge is 0.361 e. The molecule has 2 fully saturated rings. The van der Waals surface area contributed by atoms with Crippen LogP contribution < -0.4 is 5.32 Å². The van der Waals surface area contributed by atoms with Gasteiger partial charge in [0.25, 0.3) is 0 Å². The minimum atomic E-state index is 0. The van der Waals surface area contributed by atoms with E-state index in [0.29, 0.717) is 11.8 Å². The summed E-state index contributed by atoms with van der Waals surface area (Å²) in [5.74, 6) is 2.25. The van der Waals surface area contributed by atoms with Gasteiger partial charge in [-0.05, 0) is 93.0 Å². The van der Waals surface area contributed by atoms with Crippen LogP contribution in [0.4, 0.5) is 11.5 Å². The van der Waals surface area contributed by atoms with Crippen molar-refractivity contribution in [1.82, 2.24) is 19.4 Å². The van der Waals surface area contributed by atoms with E-state index in [-0.39, 0.29) is 7.43 Å². The highest BCUT2D eigenvalue weighted by atomic mass is 15.1. The van der Waals surface area contributed by atoms with Crippen molar-refractivity contribution in [1.29, 1.82) is 0 Å². The molecule has 1 aromatic carbocycles. The van der Waals surface area contributed by atoms with E-state index in [2.05, 4.69) is 76.6 Å². The molecule has 4 aromatic rings. The highest BCUT2D eigenvalue weighted by Gasteiger charge is 2.23. The minimum Gasteiger partial charge on any atom is -0.361 e. The van der Waals surface area contributed by atoms with Gasteiger partial charge in [-0.3, -0.25) is 0 Å². The molecule has 0 radical (unpaired) electrons. The lowest BCUT2D eigenvalue weighted by Crippen LogP contribution is -2.29. The Morgan fingerprint density at radius 3 is 2.41 bits per heavy atom. The number of rotatable bonds is 4. The van der Waals surface area contributed by atoms with Crippen molar-refractivity contribution in [2.75, 3.05) is 25.5 Å². The van der Waals surface area contributed by atoms with Crippen LogP contribution >= 0.6 is 0 Å². The number of pyridine rings is 1. The second-order valence-corrected chi connectivity index (χ2v) is 10.3. The number of fused-ring (bicyclic) bond motifs is 2. The first-order valence-electron chi connectivity index (χ1n) is 12.7. The number of H-pyrrole nitrogens is 1. The van der Waals surface area contributed by atoms with Gasteiger partial charge < -0.3 is 19.8 Å². The second kappa shape index (κ2) is 9.46. The van der Waals surface area contributed by atoms with Crippen LogP contribution in [0.25, 0.3) is 21.9 Å². The zero-order valence-corrected chi connectivity index (χ0v) is 19.9. The Kier molecular flexibility index (Phi) is 6.39. The molecule has 180 valence electrons. The Labute approximate surface area is 203 Å². The van der Waals surface area contributed by atoms with Gasteiger partial charge in [-0.15, -0.1) is 0 Å². The Morgan fingerprint density at radius 2 is 1.62 bits per heavy atom. The van der Waals surface area contributed by atoms with Gasteiger partial charge in [0.2, 0.25) is 0 Å². The Balaban J connectivity index is 0.00000241. The van der Waals surface area contributed by atoms with E-state index in [4.69, 9.17) is 4.98 Å². The van der Waals surface area contributed by atoms with Gasteiger partial charge in [0.1, 0.15) is 11.5 Å². The first-order chi connectivity index (χ1) is 16.2. The predicted molar refractivity (Wildman–Crippen MR) is 144 cm³/mol. The summed E-state index contributed by atoms with van der Waals surface area (Å²) in [5, 5.41) is 6.22. The molecule has 34 heavy (non-hydrogen) atoms. The van der Waals surface area contributed by atoms with Gasteiger partial charge in [0, 0.05) is 41.4 Å². The van der Waals surface area contributed by atoms with E-state index in [1.54, 1.807) is 0 Å². The van der Waals surface area contributed by atoms with Crippen LogP contribution in [0.1, 0.15) is 75.3 Å². The van der Waals surface area contributed by atoms with Crippen molar-refractivity contribution >= 4 is 33.4 Å². The standard InChI is InChI=1S/C28H35N5.CH4/c1-32-14-12-20(13-15-32)25-18-33(2)28-23(25)10-11-27(31-28)30-21-8-9-22-24(17-29-26(22)16-21)19-6-4-3-5-7-19;/h8-11,16-20,29H,3-7,12-15H2,1-2H3,(H,30,31);1H4. The summed E-state index contributed by atoms with van der Waals surface area (Å²) in [6.07, 6.45) is 13.8. The van der Waals surface area contributed by atoms with Crippen molar-refractivity contribution in [2.45, 2.75) is 64.2 Å². The molecule has 6 rings (SSSR count). The molecule has 4 heterocycles. The fourth-order valence-corrected chi connectivity index (χ4v) is 6.12. The van der Waals surface area contributed by atoms with Crippen LogP contribution in [-0.2, 0) is 7.05 Å². The van der Waals surface area contributed by atoms with Crippen LogP contribution in [-0.4, -0.2) is 39.6 Å². The maximum atomic E-state index is 4.99. The molecule has 1 aliphatic heterocycles. The zero-order chi connectivity index (χ0) is 22.4. The number of anilines is 2. The predicted octanol–water partition coefficient (Wildman–Crippen LogP) is 7.29. The molecule has 2 N–H and O–H groups in total. The number of piperidine rings is 1. The number of aromatic amines is 1. The smallest absolute Gasteiger partial charge is 0.142 e. The Hall–Kier alpha value is -2.79.